The molecule has 0 bridgehead atoms. The maximum absolute atomic E-state index is 11.7. The van der Waals surface area contributed by atoms with Crippen LogP contribution in [0.4, 0.5) is 5.69 Å². The molecule has 0 saturated carbocycles. The highest BCUT2D eigenvalue weighted by Crippen LogP contribution is 2.52. The zero-order valence-corrected chi connectivity index (χ0v) is 15.4. The van der Waals surface area contributed by atoms with Crippen molar-refractivity contribution < 1.29 is 19.4 Å². The van der Waals surface area contributed by atoms with Crippen molar-refractivity contribution in [2.45, 2.75) is 18.4 Å². The quantitative estimate of drug-likeness (QED) is 0.596. The molecule has 5 nitrogen and oxygen atoms in total. The number of carbonyl (C=O) groups excluding carboxylic acids is 1. The first-order valence-corrected chi connectivity index (χ1v) is 9.06. The number of carbonyl (C=O) groups is 2. The van der Waals surface area contributed by atoms with Crippen molar-refractivity contribution in [3.63, 3.8) is 0 Å². The summed E-state index contributed by atoms with van der Waals surface area (Å²) in [6, 6.07) is 10.4. The third-order valence-electron chi connectivity index (χ3n) is 5.39. The Morgan fingerprint density at radius 3 is 2.59 bits per heavy atom. The van der Waals surface area contributed by atoms with E-state index in [1.54, 1.807) is 24.3 Å². The van der Waals surface area contributed by atoms with Crippen LogP contribution in [0.1, 0.15) is 50.2 Å². The summed E-state index contributed by atoms with van der Waals surface area (Å²) in [7, 11) is 1.35. The van der Waals surface area contributed by atoms with E-state index in [2.05, 4.69) is 17.5 Å². The van der Waals surface area contributed by atoms with Gasteiger partial charge in [0.15, 0.2) is 0 Å². The summed E-state index contributed by atoms with van der Waals surface area (Å²) in [5.74, 6) is -1.17. The van der Waals surface area contributed by atoms with Crippen molar-refractivity contribution in [2.75, 3.05) is 12.4 Å². The number of esters is 1. The molecule has 2 aromatic carbocycles. The molecule has 2 N–H and O–H groups in total. The molecule has 0 amide bonds. The number of benzene rings is 2. The number of methoxy groups -OCH3 is 1. The maximum atomic E-state index is 11.7. The van der Waals surface area contributed by atoms with E-state index in [9.17, 15) is 14.7 Å². The summed E-state index contributed by atoms with van der Waals surface area (Å²) in [5.41, 5.74) is 3.21. The van der Waals surface area contributed by atoms with Crippen LogP contribution in [-0.4, -0.2) is 24.2 Å². The fourth-order valence-corrected chi connectivity index (χ4v) is 4.35. The minimum atomic E-state index is -0.954. The Labute approximate surface area is 161 Å². The van der Waals surface area contributed by atoms with Crippen LogP contribution in [0.2, 0.25) is 5.02 Å². The van der Waals surface area contributed by atoms with Gasteiger partial charge in [0.1, 0.15) is 0 Å². The molecule has 1 aliphatic heterocycles. The third-order valence-corrected chi connectivity index (χ3v) is 5.71. The molecular weight excluding hydrogens is 366 g/mol. The van der Waals surface area contributed by atoms with E-state index < -0.39 is 5.97 Å². The fourth-order valence-electron chi connectivity index (χ4n) is 4.14. The van der Waals surface area contributed by atoms with Crippen molar-refractivity contribution in [3.8, 4) is 0 Å². The average Bonchev–Trinajstić information content (AvgIpc) is 3.17. The number of nitrogens with one attached hydrogen (secondary N) is 1. The van der Waals surface area contributed by atoms with E-state index in [0.717, 1.165) is 17.5 Å². The monoisotopic (exact) mass is 383 g/mol. The summed E-state index contributed by atoms with van der Waals surface area (Å²) < 4.78 is 4.75. The van der Waals surface area contributed by atoms with Crippen molar-refractivity contribution in [1.29, 1.82) is 0 Å². The van der Waals surface area contributed by atoms with Gasteiger partial charge in [-0.25, -0.2) is 9.59 Å². The van der Waals surface area contributed by atoms with E-state index in [4.69, 9.17) is 16.3 Å². The molecule has 138 valence electrons. The third kappa shape index (κ3) is 2.88. The van der Waals surface area contributed by atoms with E-state index in [0.29, 0.717) is 16.3 Å². The molecule has 2 aromatic rings. The number of carboxylic acid groups (broad SMARTS) is 1. The van der Waals surface area contributed by atoms with Crippen molar-refractivity contribution in [2.24, 2.45) is 5.92 Å². The second-order valence-corrected chi connectivity index (χ2v) is 7.19. The van der Waals surface area contributed by atoms with Crippen LogP contribution in [0.3, 0.4) is 0 Å². The summed E-state index contributed by atoms with van der Waals surface area (Å²) in [6.45, 7) is 0. The Bertz CT molecular complexity index is 951. The van der Waals surface area contributed by atoms with Crippen molar-refractivity contribution in [3.05, 3.63) is 75.8 Å². The van der Waals surface area contributed by atoms with Gasteiger partial charge in [0.25, 0.3) is 0 Å². The molecule has 0 saturated heterocycles. The van der Waals surface area contributed by atoms with Crippen molar-refractivity contribution >= 4 is 29.2 Å². The number of rotatable bonds is 3. The second-order valence-electron chi connectivity index (χ2n) is 6.78. The van der Waals surface area contributed by atoms with E-state index in [-0.39, 0.29) is 29.4 Å². The van der Waals surface area contributed by atoms with Gasteiger partial charge in [-0.3, -0.25) is 0 Å². The van der Waals surface area contributed by atoms with E-state index in [1.165, 1.54) is 7.11 Å². The molecule has 1 aliphatic carbocycles. The van der Waals surface area contributed by atoms with E-state index >= 15 is 0 Å². The highest BCUT2D eigenvalue weighted by Gasteiger charge is 2.40. The number of carboxylic acids is 1. The molecule has 0 radical (unpaired) electrons. The maximum Gasteiger partial charge on any atom is 0.337 e. The van der Waals surface area contributed by atoms with Crippen LogP contribution >= 0.6 is 11.6 Å². The zero-order chi connectivity index (χ0) is 19.1. The van der Waals surface area contributed by atoms with Crippen LogP contribution < -0.4 is 5.32 Å². The zero-order valence-electron chi connectivity index (χ0n) is 14.6. The molecule has 27 heavy (non-hydrogen) atoms. The first kappa shape index (κ1) is 17.6. The fraction of sp³-hybridized carbons (Fsp3) is 0.238. The Morgan fingerprint density at radius 1 is 1.19 bits per heavy atom. The summed E-state index contributed by atoms with van der Waals surface area (Å²) >= 11 is 6.41. The predicted molar refractivity (Wildman–Crippen MR) is 103 cm³/mol. The number of ether oxygens (including phenoxy) is 1. The van der Waals surface area contributed by atoms with Gasteiger partial charge in [0.2, 0.25) is 0 Å². The molecule has 2 aliphatic rings. The van der Waals surface area contributed by atoms with Crippen LogP contribution in [0, 0.1) is 5.92 Å². The number of hydrogen-bond acceptors (Lipinski definition) is 4. The summed E-state index contributed by atoms with van der Waals surface area (Å²) in [4.78, 5) is 23.4. The van der Waals surface area contributed by atoms with Gasteiger partial charge >= 0.3 is 11.9 Å². The molecular formula is C21H18ClNO4. The SMILES string of the molecule is COC(=O)c1ccc([C@@H]2Nc3c(Cl)ccc(C(=O)O)c3[C@H]3C=CC[C@H]32)cc1. The Kier molecular flexibility index (Phi) is 4.40. The lowest BCUT2D eigenvalue weighted by molar-refractivity contribution is 0.0599. The molecule has 6 heteroatoms. The van der Waals surface area contributed by atoms with Crippen LogP contribution in [0.25, 0.3) is 0 Å². The number of allylic oxidation sites excluding steroid dienone is 2. The summed E-state index contributed by atoms with van der Waals surface area (Å²) in [6.07, 6.45) is 5.00. The van der Waals surface area contributed by atoms with Gasteiger partial charge in [-0.15, -0.1) is 0 Å². The first-order valence-electron chi connectivity index (χ1n) is 8.68. The molecule has 1 heterocycles. The topological polar surface area (TPSA) is 75.6 Å². The second kappa shape index (κ2) is 6.74. The number of aromatic carboxylic acids is 1. The molecule has 0 fully saturated rings. The number of anilines is 1. The minimum Gasteiger partial charge on any atom is -0.478 e. The predicted octanol–water partition coefficient (Wildman–Crippen LogP) is 4.65. The lowest BCUT2D eigenvalue weighted by atomic mass is 9.75. The van der Waals surface area contributed by atoms with Gasteiger partial charge < -0.3 is 15.2 Å². The highest BCUT2D eigenvalue weighted by atomic mass is 35.5. The van der Waals surface area contributed by atoms with Gasteiger partial charge in [-0.1, -0.05) is 35.9 Å². The Morgan fingerprint density at radius 2 is 1.93 bits per heavy atom. The smallest absolute Gasteiger partial charge is 0.337 e. The molecule has 4 rings (SSSR count). The van der Waals surface area contributed by atoms with Crippen molar-refractivity contribution in [1.82, 2.24) is 0 Å². The molecule has 0 aromatic heterocycles. The first-order chi connectivity index (χ1) is 13.0. The standard InChI is InChI=1S/C21H18ClNO4/c1-27-21(26)12-7-5-11(6-8-12)18-14-4-2-3-13(14)17-15(20(24)25)9-10-16(22)19(17)23-18/h2-3,5-10,13-14,18,23H,4H2,1H3,(H,24,25)/t13-,14+,18-/m0/s1. The van der Waals surface area contributed by atoms with Gasteiger partial charge in [0.05, 0.1) is 35.0 Å². The van der Waals surface area contributed by atoms with Gasteiger partial charge in [-0.05, 0) is 47.7 Å². The minimum absolute atomic E-state index is 0.0173. The van der Waals surface area contributed by atoms with Gasteiger partial charge in [-0.2, -0.15) is 0 Å². The van der Waals surface area contributed by atoms with Crippen LogP contribution in [0.5, 0.6) is 0 Å². The lowest BCUT2D eigenvalue weighted by Gasteiger charge is -2.38. The van der Waals surface area contributed by atoms with Crippen LogP contribution in [0.15, 0.2) is 48.6 Å². The Hall–Kier alpha value is -2.79. The average molecular weight is 384 g/mol. The normalized spacial score (nSPS) is 22.5. The highest BCUT2D eigenvalue weighted by molar-refractivity contribution is 6.33. The number of halogens is 1. The lowest BCUT2D eigenvalue weighted by Crippen LogP contribution is -2.30. The number of hydrogen-bond donors (Lipinski definition) is 2. The largest absolute Gasteiger partial charge is 0.478 e. The Balaban J connectivity index is 1.77. The molecule has 3 atom stereocenters. The van der Waals surface area contributed by atoms with Crippen LogP contribution in [-0.2, 0) is 4.74 Å². The molecule has 0 unspecified atom stereocenters. The summed E-state index contributed by atoms with van der Waals surface area (Å²) in [5, 5.41) is 13.6. The number of fused-ring (bicyclic) bond motifs is 3. The van der Waals surface area contributed by atoms with Gasteiger partial charge in [0, 0.05) is 5.92 Å². The molecule has 0 spiro atoms. The van der Waals surface area contributed by atoms with E-state index in [1.807, 2.05) is 12.1 Å².